The molecule has 0 bridgehead atoms. The Morgan fingerprint density at radius 3 is 2.84 bits per heavy atom. The normalized spacial score (nSPS) is 27.8. The Bertz CT molecular complexity index is 470. The summed E-state index contributed by atoms with van der Waals surface area (Å²) in [5.41, 5.74) is 7.55. The number of aliphatic imine (C=N–C) groups is 1. The third-order valence-corrected chi connectivity index (χ3v) is 4.31. The van der Waals surface area contributed by atoms with Crippen molar-refractivity contribution in [2.75, 3.05) is 26.7 Å². The molecule has 0 aromatic heterocycles. The van der Waals surface area contributed by atoms with Crippen molar-refractivity contribution in [1.82, 2.24) is 9.80 Å². The van der Waals surface area contributed by atoms with Crippen molar-refractivity contribution in [3.8, 4) is 0 Å². The number of hydrogen-bond donors (Lipinski definition) is 1. The first kappa shape index (κ1) is 12.5. The molecule has 1 fully saturated rings. The minimum absolute atomic E-state index is 0.118. The molecule has 0 saturated carbocycles. The maximum atomic E-state index is 6.14. The first-order valence-electron chi connectivity index (χ1n) is 7.00. The zero-order valence-electron chi connectivity index (χ0n) is 11.5. The maximum Gasteiger partial charge on any atom is 0.192 e. The van der Waals surface area contributed by atoms with Crippen LogP contribution in [0.15, 0.2) is 35.3 Å². The Balaban J connectivity index is 1.82. The number of piperidine rings is 1. The van der Waals surface area contributed by atoms with Crippen LogP contribution in [0, 0.1) is 0 Å². The molecule has 1 saturated heterocycles. The average Bonchev–Trinajstić information content (AvgIpc) is 2.69. The van der Waals surface area contributed by atoms with Crippen LogP contribution in [0.3, 0.4) is 0 Å². The van der Waals surface area contributed by atoms with Gasteiger partial charge in [-0.15, -0.1) is 0 Å². The number of nitrogens with two attached hydrogens (primary N) is 1. The minimum atomic E-state index is 0.118. The van der Waals surface area contributed by atoms with Crippen LogP contribution < -0.4 is 5.73 Å². The second kappa shape index (κ2) is 4.85. The lowest BCUT2D eigenvalue weighted by Crippen LogP contribution is -2.59. The van der Waals surface area contributed by atoms with Gasteiger partial charge in [0, 0.05) is 13.1 Å². The van der Waals surface area contributed by atoms with E-state index in [4.69, 9.17) is 5.73 Å². The molecule has 102 valence electrons. The highest BCUT2D eigenvalue weighted by atomic mass is 15.4. The molecule has 4 heteroatoms. The summed E-state index contributed by atoms with van der Waals surface area (Å²) in [5.74, 6) is 0.708. The molecule has 2 aliphatic heterocycles. The maximum absolute atomic E-state index is 6.14. The van der Waals surface area contributed by atoms with Gasteiger partial charge in [-0.25, -0.2) is 0 Å². The lowest BCUT2D eigenvalue weighted by molar-refractivity contribution is 0.0838. The van der Waals surface area contributed by atoms with Crippen molar-refractivity contribution in [2.24, 2.45) is 10.7 Å². The van der Waals surface area contributed by atoms with E-state index in [0.29, 0.717) is 5.96 Å². The fourth-order valence-corrected chi connectivity index (χ4v) is 3.34. The van der Waals surface area contributed by atoms with E-state index >= 15 is 0 Å². The van der Waals surface area contributed by atoms with Crippen molar-refractivity contribution < 1.29 is 0 Å². The molecule has 2 N–H and O–H groups in total. The van der Waals surface area contributed by atoms with Gasteiger partial charge in [0.25, 0.3) is 0 Å². The molecule has 1 spiro atoms. The van der Waals surface area contributed by atoms with E-state index in [2.05, 4.69) is 52.2 Å². The van der Waals surface area contributed by atoms with E-state index in [1.165, 1.54) is 24.9 Å². The van der Waals surface area contributed by atoms with Crippen LogP contribution in [-0.4, -0.2) is 48.0 Å². The van der Waals surface area contributed by atoms with Crippen LogP contribution >= 0.6 is 0 Å². The van der Waals surface area contributed by atoms with Gasteiger partial charge in [-0.1, -0.05) is 30.3 Å². The van der Waals surface area contributed by atoms with Crippen molar-refractivity contribution in [3.05, 3.63) is 35.9 Å². The van der Waals surface area contributed by atoms with Crippen molar-refractivity contribution in [2.45, 2.75) is 24.9 Å². The Morgan fingerprint density at radius 2 is 2.11 bits per heavy atom. The monoisotopic (exact) mass is 258 g/mol. The first-order chi connectivity index (χ1) is 9.20. The summed E-state index contributed by atoms with van der Waals surface area (Å²) in [6.45, 7) is 3.95. The average molecular weight is 258 g/mol. The van der Waals surface area contributed by atoms with Gasteiger partial charge in [-0.3, -0.25) is 4.99 Å². The lowest BCUT2D eigenvalue weighted by Gasteiger charge is -2.45. The second-order valence-electron chi connectivity index (χ2n) is 5.81. The molecular weight excluding hydrogens is 236 g/mol. The summed E-state index contributed by atoms with van der Waals surface area (Å²) in [7, 11) is 2.19. The number of nitrogens with zero attached hydrogens (tertiary/aromatic N) is 3. The zero-order valence-corrected chi connectivity index (χ0v) is 11.5. The highest BCUT2D eigenvalue weighted by Crippen LogP contribution is 2.32. The Kier molecular flexibility index (Phi) is 3.19. The molecule has 1 atom stereocenters. The summed E-state index contributed by atoms with van der Waals surface area (Å²) in [6, 6.07) is 10.5. The first-order valence-corrected chi connectivity index (χ1v) is 7.00. The van der Waals surface area contributed by atoms with Gasteiger partial charge < -0.3 is 15.5 Å². The molecule has 1 aromatic carbocycles. The topological polar surface area (TPSA) is 44.9 Å². The summed E-state index contributed by atoms with van der Waals surface area (Å²) in [6.07, 6.45) is 2.42. The van der Waals surface area contributed by atoms with E-state index in [9.17, 15) is 0 Å². The number of hydrogen-bond acceptors (Lipinski definition) is 4. The SMILES string of the molecule is CN1CCCC2(CN=C(N)N2Cc2ccccc2)C1. The number of benzene rings is 1. The van der Waals surface area contributed by atoms with Crippen LogP contribution in [0.2, 0.25) is 0 Å². The van der Waals surface area contributed by atoms with E-state index in [-0.39, 0.29) is 5.54 Å². The molecule has 0 aliphatic carbocycles. The van der Waals surface area contributed by atoms with Gasteiger partial charge in [-0.05, 0) is 32.0 Å². The van der Waals surface area contributed by atoms with Crippen molar-refractivity contribution in [3.63, 3.8) is 0 Å². The largest absolute Gasteiger partial charge is 0.370 e. The number of likely N-dealkylation sites (N-methyl/N-ethyl adjacent to an activating group) is 1. The Labute approximate surface area is 114 Å². The molecule has 2 heterocycles. The molecule has 4 nitrogen and oxygen atoms in total. The smallest absolute Gasteiger partial charge is 0.192 e. The van der Waals surface area contributed by atoms with E-state index in [1.807, 2.05) is 0 Å². The second-order valence-corrected chi connectivity index (χ2v) is 5.81. The molecule has 3 rings (SSSR count). The van der Waals surface area contributed by atoms with Crippen LogP contribution in [0.5, 0.6) is 0 Å². The molecule has 2 aliphatic rings. The van der Waals surface area contributed by atoms with Gasteiger partial charge in [0.2, 0.25) is 0 Å². The Hall–Kier alpha value is -1.55. The Morgan fingerprint density at radius 1 is 1.32 bits per heavy atom. The van der Waals surface area contributed by atoms with Crippen LogP contribution in [0.25, 0.3) is 0 Å². The fraction of sp³-hybridized carbons (Fsp3) is 0.533. The van der Waals surface area contributed by atoms with Crippen LogP contribution in [0.4, 0.5) is 0 Å². The number of likely N-dealkylation sites (tertiary alicyclic amines) is 1. The predicted molar refractivity (Wildman–Crippen MR) is 77.9 cm³/mol. The summed E-state index contributed by atoms with van der Waals surface area (Å²) < 4.78 is 0. The summed E-state index contributed by atoms with van der Waals surface area (Å²) in [4.78, 5) is 9.23. The van der Waals surface area contributed by atoms with Gasteiger partial charge in [0.05, 0.1) is 12.1 Å². The number of guanidine groups is 1. The van der Waals surface area contributed by atoms with Gasteiger partial charge in [0.15, 0.2) is 5.96 Å². The van der Waals surface area contributed by atoms with Crippen LogP contribution in [0.1, 0.15) is 18.4 Å². The van der Waals surface area contributed by atoms with Crippen molar-refractivity contribution in [1.29, 1.82) is 0 Å². The standard InChI is InChI=1S/C15H22N4/c1-18-9-5-8-15(12-18)11-17-14(16)19(15)10-13-6-3-2-4-7-13/h2-4,6-7H,5,8-12H2,1H3,(H2,16,17). The highest BCUT2D eigenvalue weighted by molar-refractivity contribution is 5.81. The van der Waals surface area contributed by atoms with E-state index < -0.39 is 0 Å². The number of rotatable bonds is 2. The molecule has 19 heavy (non-hydrogen) atoms. The molecular formula is C15H22N4. The predicted octanol–water partition coefficient (Wildman–Crippen LogP) is 1.28. The molecule has 1 aromatic rings. The third kappa shape index (κ3) is 2.32. The third-order valence-electron chi connectivity index (χ3n) is 4.31. The quantitative estimate of drug-likeness (QED) is 0.869. The lowest BCUT2D eigenvalue weighted by atomic mass is 9.88. The van der Waals surface area contributed by atoms with Crippen LogP contribution in [-0.2, 0) is 6.54 Å². The van der Waals surface area contributed by atoms with E-state index in [0.717, 1.165) is 19.6 Å². The van der Waals surface area contributed by atoms with Crippen molar-refractivity contribution >= 4 is 5.96 Å². The summed E-state index contributed by atoms with van der Waals surface area (Å²) >= 11 is 0. The zero-order chi connectivity index (χ0) is 13.3. The highest BCUT2D eigenvalue weighted by Gasteiger charge is 2.44. The van der Waals surface area contributed by atoms with Gasteiger partial charge in [-0.2, -0.15) is 0 Å². The fourth-order valence-electron chi connectivity index (χ4n) is 3.34. The summed E-state index contributed by atoms with van der Waals surface area (Å²) in [5, 5.41) is 0. The minimum Gasteiger partial charge on any atom is -0.370 e. The molecule has 0 amide bonds. The molecule has 0 radical (unpaired) electrons. The molecule has 1 unspecified atom stereocenters. The van der Waals surface area contributed by atoms with Gasteiger partial charge in [0.1, 0.15) is 0 Å². The van der Waals surface area contributed by atoms with E-state index in [1.54, 1.807) is 0 Å². The van der Waals surface area contributed by atoms with Gasteiger partial charge >= 0.3 is 0 Å².